The van der Waals surface area contributed by atoms with Crippen molar-refractivity contribution < 1.29 is 9.90 Å². The first kappa shape index (κ1) is 13.1. The van der Waals surface area contributed by atoms with Crippen molar-refractivity contribution in [1.82, 2.24) is 19.1 Å². The van der Waals surface area contributed by atoms with Gasteiger partial charge in [0.05, 0.1) is 12.0 Å². The number of imidazole rings is 2. The van der Waals surface area contributed by atoms with Gasteiger partial charge >= 0.3 is 5.97 Å². The summed E-state index contributed by atoms with van der Waals surface area (Å²) in [5, 5.41) is 9.06. The predicted molar refractivity (Wildman–Crippen MR) is 77.5 cm³/mol. The maximum Gasteiger partial charge on any atom is 0.323 e. The zero-order valence-electron chi connectivity index (χ0n) is 11.5. The Morgan fingerprint density at radius 1 is 1.24 bits per heavy atom. The quantitative estimate of drug-likeness (QED) is 0.794. The minimum atomic E-state index is -0.914. The van der Waals surface area contributed by atoms with Gasteiger partial charge in [0.25, 0.3) is 0 Å². The lowest BCUT2D eigenvalue weighted by Crippen LogP contribution is -2.10. The van der Waals surface area contributed by atoms with Crippen molar-refractivity contribution in [2.45, 2.75) is 6.54 Å². The number of aliphatic carboxylic acids is 1. The number of rotatable bonds is 4. The summed E-state index contributed by atoms with van der Waals surface area (Å²) in [5.41, 5.74) is 2.36. The van der Waals surface area contributed by atoms with Crippen molar-refractivity contribution in [2.75, 3.05) is 0 Å². The second-order valence-electron chi connectivity index (χ2n) is 4.69. The molecular weight excluding hydrogens is 268 g/mol. The molecule has 6 heteroatoms. The normalized spacial score (nSPS) is 10.7. The van der Waals surface area contributed by atoms with E-state index >= 15 is 0 Å². The lowest BCUT2D eigenvalue weighted by atomic mass is 10.1. The Labute approximate surface area is 121 Å². The Morgan fingerprint density at radius 2 is 2.00 bits per heavy atom. The molecule has 2 heterocycles. The van der Waals surface area contributed by atoms with Crippen LogP contribution in [-0.4, -0.2) is 30.2 Å². The SMILES string of the molecule is Cn1ccnc1-c1c(-c2ccccc2)ncn1CC(=O)O. The summed E-state index contributed by atoms with van der Waals surface area (Å²) < 4.78 is 3.45. The van der Waals surface area contributed by atoms with Gasteiger partial charge in [-0.3, -0.25) is 4.79 Å². The molecule has 106 valence electrons. The molecule has 2 aromatic heterocycles. The molecule has 3 rings (SSSR count). The fourth-order valence-electron chi connectivity index (χ4n) is 2.28. The number of nitrogens with zero attached hydrogens (tertiary/aromatic N) is 4. The van der Waals surface area contributed by atoms with E-state index in [0.717, 1.165) is 11.3 Å². The smallest absolute Gasteiger partial charge is 0.323 e. The van der Waals surface area contributed by atoms with Gasteiger partial charge in [0.1, 0.15) is 12.2 Å². The molecule has 0 saturated carbocycles. The topological polar surface area (TPSA) is 72.9 Å². The number of aromatic nitrogens is 4. The molecule has 1 N–H and O–H groups in total. The molecular formula is C15H14N4O2. The lowest BCUT2D eigenvalue weighted by molar-refractivity contribution is -0.137. The van der Waals surface area contributed by atoms with Gasteiger partial charge < -0.3 is 14.2 Å². The summed E-state index contributed by atoms with van der Waals surface area (Å²) in [6.45, 7) is -0.151. The monoisotopic (exact) mass is 282 g/mol. The summed E-state index contributed by atoms with van der Waals surface area (Å²) in [7, 11) is 1.87. The van der Waals surface area contributed by atoms with Gasteiger partial charge in [0, 0.05) is 25.0 Å². The highest BCUT2D eigenvalue weighted by Gasteiger charge is 2.19. The number of benzene rings is 1. The Bertz CT molecular complexity index is 774. The molecule has 0 bridgehead atoms. The molecule has 0 radical (unpaired) electrons. The maximum absolute atomic E-state index is 11.0. The summed E-state index contributed by atoms with van der Waals surface area (Å²) in [6, 6.07) is 9.67. The van der Waals surface area contributed by atoms with Crippen LogP contribution in [0, 0.1) is 0 Å². The van der Waals surface area contributed by atoms with E-state index in [4.69, 9.17) is 5.11 Å². The minimum absolute atomic E-state index is 0.151. The minimum Gasteiger partial charge on any atom is -0.480 e. The molecule has 0 atom stereocenters. The largest absolute Gasteiger partial charge is 0.480 e. The fraction of sp³-hybridized carbons (Fsp3) is 0.133. The first-order valence-electron chi connectivity index (χ1n) is 6.47. The van der Waals surface area contributed by atoms with Crippen LogP contribution in [0.25, 0.3) is 22.8 Å². The van der Waals surface area contributed by atoms with Crippen LogP contribution in [0.4, 0.5) is 0 Å². The third kappa shape index (κ3) is 2.43. The maximum atomic E-state index is 11.0. The molecule has 0 unspecified atom stereocenters. The van der Waals surface area contributed by atoms with E-state index in [1.807, 2.05) is 48.1 Å². The van der Waals surface area contributed by atoms with Gasteiger partial charge in [-0.25, -0.2) is 9.97 Å². The molecule has 0 spiro atoms. The van der Waals surface area contributed by atoms with Crippen LogP contribution < -0.4 is 0 Å². The number of aryl methyl sites for hydroxylation is 1. The number of hydrogen-bond acceptors (Lipinski definition) is 3. The van der Waals surface area contributed by atoms with Crippen molar-refractivity contribution in [3.8, 4) is 22.8 Å². The zero-order valence-corrected chi connectivity index (χ0v) is 11.5. The molecule has 0 fully saturated rings. The van der Waals surface area contributed by atoms with Crippen molar-refractivity contribution in [3.63, 3.8) is 0 Å². The van der Waals surface area contributed by atoms with E-state index in [2.05, 4.69) is 9.97 Å². The van der Waals surface area contributed by atoms with Crippen molar-refractivity contribution in [3.05, 3.63) is 49.1 Å². The van der Waals surface area contributed by atoms with Gasteiger partial charge in [0.2, 0.25) is 0 Å². The Kier molecular flexibility index (Phi) is 3.27. The van der Waals surface area contributed by atoms with Crippen LogP contribution in [-0.2, 0) is 18.4 Å². The summed E-state index contributed by atoms with van der Waals surface area (Å²) in [5.74, 6) is -0.227. The average Bonchev–Trinajstić information content (AvgIpc) is 3.05. The molecule has 0 aliphatic heterocycles. The van der Waals surface area contributed by atoms with Crippen LogP contribution in [0.2, 0.25) is 0 Å². The zero-order chi connectivity index (χ0) is 14.8. The number of carboxylic acid groups (broad SMARTS) is 1. The fourth-order valence-corrected chi connectivity index (χ4v) is 2.28. The van der Waals surface area contributed by atoms with Gasteiger partial charge in [-0.1, -0.05) is 30.3 Å². The lowest BCUT2D eigenvalue weighted by Gasteiger charge is -2.08. The number of carbonyl (C=O) groups is 1. The van der Waals surface area contributed by atoms with E-state index < -0.39 is 5.97 Å². The van der Waals surface area contributed by atoms with E-state index in [9.17, 15) is 4.79 Å². The highest BCUT2D eigenvalue weighted by molar-refractivity contribution is 5.77. The molecule has 0 amide bonds. The van der Waals surface area contributed by atoms with E-state index in [1.165, 1.54) is 0 Å². The Balaban J connectivity index is 2.20. The Hall–Kier alpha value is -2.89. The summed E-state index contributed by atoms with van der Waals surface area (Å²) in [6.07, 6.45) is 5.05. The molecule has 1 aromatic carbocycles. The number of hydrogen-bond donors (Lipinski definition) is 1. The highest BCUT2D eigenvalue weighted by atomic mass is 16.4. The number of carboxylic acids is 1. The predicted octanol–water partition coefficient (Wildman–Crippen LogP) is 2.04. The van der Waals surface area contributed by atoms with Crippen LogP contribution in [0.1, 0.15) is 0 Å². The molecule has 0 aliphatic rings. The molecule has 6 nitrogen and oxygen atoms in total. The van der Waals surface area contributed by atoms with Gasteiger partial charge in [-0.2, -0.15) is 0 Å². The van der Waals surface area contributed by atoms with Crippen LogP contribution in [0.15, 0.2) is 49.1 Å². The highest BCUT2D eigenvalue weighted by Crippen LogP contribution is 2.29. The molecule has 0 saturated heterocycles. The second kappa shape index (κ2) is 5.24. The summed E-state index contributed by atoms with van der Waals surface area (Å²) in [4.78, 5) is 19.7. The van der Waals surface area contributed by atoms with Crippen LogP contribution >= 0.6 is 0 Å². The van der Waals surface area contributed by atoms with Crippen molar-refractivity contribution in [2.24, 2.45) is 7.05 Å². The van der Waals surface area contributed by atoms with Crippen molar-refractivity contribution in [1.29, 1.82) is 0 Å². The van der Waals surface area contributed by atoms with Gasteiger partial charge in [0.15, 0.2) is 5.82 Å². The van der Waals surface area contributed by atoms with Gasteiger partial charge in [-0.15, -0.1) is 0 Å². The molecule has 0 aliphatic carbocycles. The summed E-state index contributed by atoms with van der Waals surface area (Å²) >= 11 is 0. The first-order chi connectivity index (χ1) is 10.2. The standard InChI is InChI=1S/C15H14N4O2/c1-18-8-7-16-15(18)14-13(11-5-3-2-4-6-11)17-10-19(14)9-12(20)21/h2-8,10H,9H2,1H3,(H,20,21). The molecule has 21 heavy (non-hydrogen) atoms. The average molecular weight is 282 g/mol. The Morgan fingerprint density at radius 3 is 2.62 bits per heavy atom. The third-order valence-corrected chi connectivity index (χ3v) is 3.22. The molecule has 3 aromatic rings. The first-order valence-corrected chi connectivity index (χ1v) is 6.47. The van der Waals surface area contributed by atoms with Crippen LogP contribution in [0.3, 0.4) is 0 Å². The van der Waals surface area contributed by atoms with Gasteiger partial charge in [-0.05, 0) is 0 Å². The van der Waals surface area contributed by atoms with Crippen LogP contribution in [0.5, 0.6) is 0 Å². The second-order valence-corrected chi connectivity index (χ2v) is 4.69. The van der Waals surface area contributed by atoms with E-state index in [-0.39, 0.29) is 6.54 Å². The van der Waals surface area contributed by atoms with E-state index in [0.29, 0.717) is 11.5 Å². The third-order valence-electron chi connectivity index (χ3n) is 3.22. The van der Waals surface area contributed by atoms with E-state index in [1.54, 1.807) is 17.1 Å². The van der Waals surface area contributed by atoms with Crippen molar-refractivity contribution >= 4 is 5.97 Å².